The van der Waals surface area contributed by atoms with Gasteiger partial charge in [0.1, 0.15) is 0 Å². The highest BCUT2D eigenvalue weighted by atomic mass is 15.0. The predicted molar refractivity (Wildman–Crippen MR) is 211 cm³/mol. The molecule has 0 aliphatic rings. The van der Waals surface area contributed by atoms with Gasteiger partial charge in [0, 0.05) is 32.9 Å². The summed E-state index contributed by atoms with van der Waals surface area (Å²) in [5, 5.41) is 4.99. The number of nitrogens with zero attached hydrogens (tertiary/aromatic N) is 2. The van der Waals surface area contributed by atoms with Crippen LogP contribution in [-0.4, -0.2) is 9.13 Å². The van der Waals surface area contributed by atoms with Gasteiger partial charge in [0.25, 0.3) is 0 Å². The lowest BCUT2D eigenvalue weighted by Crippen LogP contribution is -1.95. The molecule has 0 N–H and O–H groups in total. The summed E-state index contributed by atoms with van der Waals surface area (Å²) in [5.41, 5.74) is 14.4. The summed E-state index contributed by atoms with van der Waals surface area (Å²) in [6, 6.07) is 70.4. The average Bonchev–Trinajstić information content (AvgIpc) is 3.70. The van der Waals surface area contributed by atoms with Crippen LogP contribution in [0.4, 0.5) is 0 Å². The van der Waals surface area contributed by atoms with Crippen LogP contribution < -0.4 is 0 Å². The monoisotopic (exact) mass is 636 g/mol. The van der Waals surface area contributed by atoms with Crippen molar-refractivity contribution >= 4 is 43.6 Å². The molecule has 2 nitrogen and oxygen atoms in total. The van der Waals surface area contributed by atoms with E-state index in [9.17, 15) is 0 Å². The van der Waals surface area contributed by atoms with Crippen LogP contribution in [0.3, 0.4) is 0 Å². The lowest BCUT2D eigenvalue weighted by atomic mass is 9.99. The third kappa shape index (κ3) is 4.57. The Morgan fingerprint density at radius 1 is 0.220 bits per heavy atom. The lowest BCUT2D eigenvalue weighted by Gasteiger charge is -2.11. The van der Waals surface area contributed by atoms with Gasteiger partial charge in [0.2, 0.25) is 0 Å². The first-order valence-corrected chi connectivity index (χ1v) is 17.2. The fourth-order valence-corrected chi connectivity index (χ4v) is 7.75. The van der Waals surface area contributed by atoms with E-state index in [0.29, 0.717) is 0 Å². The number of para-hydroxylation sites is 2. The Labute approximate surface area is 290 Å². The Bertz CT molecular complexity index is 2840. The fourth-order valence-electron chi connectivity index (χ4n) is 7.75. The normalized spacial score (nSPS) is 11.6. The summed E-state index contributed by atoms with van der Waals surface area (Å²) in [4.78, 5) is 0. The molecule has 0 amide bonds. The molecule has 0 fully saturated rings. The molecule has 10 aromatic rings. The maximum atomic E-state index is 2.43. The molecule has 0 bridgehead atoms. The van der Waals surface area contributed by atoms with Gasteiger partial charge in [-0.2, -0.15) is 0 Å². The summed E-state index contributed by atoms with van der Waals surface area (Å²) >= 11 is 0. The van der Waals surface area contributed by atoms with Gasteiger partial charge in [-0.15, -0.1) is 0 Å². The molecule has 50 heavy (non-hydrogen) atoms. The van der Waals surface area contributed by atoms with Crippen LogP contribution >= 0.6 is 0 Å². The largest absolute Gasteiger partial charge is 0.309 e. The Kier molecular flexibility index (Phi) is 6.53. The number of benzene rings is 8. The first-order chi connectivity index (χ1) is 24.8. The second-order valence-corrected chi connectivity index (χ2v) is 13.0. The van der Waals surface area contributed by atoms with Gasteiger partial charge in [0.15, 0.2) is 0 Å². The summed E-state index contributed by atoms with van der Waals surface area (Å²) in [5.74, 6) is 0. The third-order valence-electron chi connectivity index (χ3n) is 10.1. The van der Waals surface area contributed by atoms with E-state index in [0.717, 1.165) is 11.4 Å². The average molecular weight is 637 g/mol. The Balaban J connectivity index is 1.15. The van der Waals surface area contributed by atoms with Crippen molar-refractivity contribution in [2.75, 3.05) is 0 Å². The molecule has 0 aliphatic heterocycles. The summed E-state index contributed by atoms with van der Waals surface area (Å²) in [6.07, 6.45) is 0. The quantitative estimate of drug-likeness (QED) is 0.178. The van der Waals surface area contributed by atoms with Gasteiger partial charge in [0.05, 0.1) is 22.1 Å². The van der Waals surface area contributed by atoms with Gasteiger partial charge in [-0.3, -0.25) is 0 Å². The lowest BCUT2D eigenvalue weighted by molar-refractivity contribution is 1.17. The van der Waals surface area contributed by atoms with Crippen molar-refractivity contribution in [1.29, 1.82) is 0 Å². The van der Waals surface area contributed by atoms with Gasteiger partial charge in [-0.25, -0.2) is 0 Å². The molecule has 0 atom stereocenters. The van der Waals surface area contributed by atoms with Crippen molar-refractivity contribution in [2.24, 2.45) is 0 Å². The van der Waals surface area contributed by atoms with Gasteiger partial charge < -0.3 is 9.13 Å². The minimum atomic E-state index is 1.15. The van der Waals surface area contributed by atoms with E-state index in [1.54, 1.807) is 0 Å². The zero-order chi connectivity index (χ0) is 33.0. The van der Waals surface area contributed by atoms with E-state index in [1.165, 1.54) is 77.0 Å². The summed E-state index contributed by atoms with van der Waals surface area (Å²) < 4.78 is 4.86. The molecular weight excluding hydrogens is 605 g/mol. The topological polar surface area (TPSA) is 9.86 Å². The van der Waals surface area contributed by atoms with E-state index in [-0.39, 0.29) is 0 Å². The molecule has 2 heteroatoms. The number of rotatable bonds is 5. The zero-order valence-corrected chi connectivity index (χ0v) is 27.4. The van der Waals surface area contributed by atoms with Crippen LogP contribution in [0.25, 0.3) is 88.4 Å². The highest BCUT2D eigenvalue weighted by Gasteiger charge is 2.18. The summed E-state index contributed by atoms with van der Waals surface area (Å²) in [6.45, 7) is 0. The number of hydrogen-bond donors (Lipinski definition) is 0. The van der Waals surface area contributed by atoms with E-state index in [2.05, 4.69) is 203 Å². The number of fused-ring (bicyclic) bond motifs is 6. The van der Waals surface area contributed by atoms with Crippen LogP contribution in [0.5, 0.6) is 0 Å². The molecular formula is C48H32N2. The third-order valence-corrected chi connectivity index (χ3v) is 10.1. The van der Waals surface area contributed by atoms with Crippen molar-refractivity contribution < 1.29 is 0 Å². The molecule has 234 valence electrons. The molecule has 0 radical (unpaired) electrons. The molecule has 0 saturated heterocycles. The van der Waals surface area contributed by atoms with Gasteiger partial charge in [-0.05, 0) is 88.0 Å². The fraction of sp³-hybridized carbons (Fsp3) is 0. The standard InChI is InChI=1S/C48H32N2/c1-3-13-33(14-4-1)36-17-11-18-37(29-36)35-25-27-39(28-26-35)49-45-23-9-7-21-41(45)43-32-48-44(31-47(43)49)42-22-8-10-24-46(42)50(48)40-20-12-19-38(30-40)34-15-5-2-6-16-34/h1-32H. The van der Waals surface area contributed by atoms with E-state index in [1.807, 2.05) is 0 Å². The maximum Gasteiger partial charge on any atom is 0.0548 e. The van der Waals surface area contributed by atoms with Crippen LogP contribution in [0.2, 0.25) is 0 Å². The highest BCUT2D eigenvalue weighted by Crippen LogP contribution is 2.40. The molecule has 10 rings (SSSR count). The Hall–Kier alpha value is -6.64. The summed E-state index contributed by atoms with van der Waals surface area (Å²) in [7, 11) is 0. The molecule has 2 heterocycles. The van der Waals surface area contributed by atoms with Crippen molar-refractivity contribution in [3.05, 3.63) is 194 Å². The van der Waals surface area contributed by atoms with Crippen LogP contribution in [0.15, 0.2) is 194 Å². The van der Waals surface area contributed by atoms with Crippen LogP contribution in [0.1, 0.15) is 0 Å². The second-order valence-electron chi connectivity index (χ2n) is 13.0. The van der Waals surface area contributed by atoms with Crippen molar-refractivity contribution in [3.63, 3.8) is 0 Å². The molecule has 0 unspecified atom stereocenters. The first-order valence-electron chi connectivity index (χ1n) is 17.2. The predicted octanol–water partition coefficient (Wildman–Crippen LogP) is 12.9. The molecule has 0 spiro atoms. The Morgan fingerprint density at radius 2 is 0.640 bits per heavy atom. The number of hydrogen-bond acceptors (Lipinski definition) is 0. The Morgan fingerprint density at radius 3 is 1.20 bits per heavy atom. The van der Waals surface area contributed by atoms with Gasteiger partial charge >= 0.3 is 0 Å². The zero-order valence-electron chi connectivity index (χ0n) is 27.4. The maximum absolute atomic E-state index is 2.43. The molecule has 0 saturated carbocycles. The molecule has 8 aromatic carbocycles. The number of aromatic nitrogens is 2. The van der Waals surface area contributed by atoms with Crippen LogP contribution in [0, 0.1) is 0 Å². The minimum absolute atomic E-state index is 1.15. The van der Waals surface area contributed by atoms with E-state index in [4.69, 9.17) is 0 Å². The minimum Gasteiger partial charge on any atom is -0.309 e. The van der Waals surface area contributed by atoms with Crippen molar-refractivity contribution in [1.82, 2.24) is 9.13 Å². The molecule has 2 aromatic heterocycles. The van der Waals surface area contributed by atoms with Crippen molar-refractivity contribution in [3.8, 4) is 44.8 Å². The SMILES string of the molecule is c1ccc(-c2cccc(-c3ccc(-n4c5ccccc5c5cc6c(cc54)c4ccccc4n6-c4cccc(-c5ccccc5)c4)cc3)c2)cc1. The molecule has 0 aliphatic carbocycles. The van der Waals surface area contributed by atoms with Gasteiger partial charge in [-0.1, -0.05) is 140 Å². The van der Waals surface area contributed by atoms with E-state index < -0.39 is 0 Å². The van der Waals surface area contributed by atoms with Crippen LogP contribution in [-0.2, 0) is 0 Å². The highest BCUT2D eigenvalue weighted by molar-refractivity contribution is 6.19. The second kappa shape index (κ2) is 11.5. The van der Waals surface area contributed by atoms with E-state index >= 15 is 0 Å². The first kappa shape index (κ1) is 28.4. The smallest absolute Gasteiger partial charge is 0.0548 e. The van der Waals surface area contributed by atoms with Crippen molar-refractivity contribution in [2.45, 2.75) is 0 Å².